The molecule has 0 unspecified atom stereocenters. The Hall–Kier alpha value is -1.49. The van der Waals surface area contributed by atoms with Crippen LogP contribution in [0.4, 0.5) is 0 Å². The minimum Gasteiger partial charge on any atom is -0.432 e. The summed E-state index contributed by atoms with van der Waals surface area (Å²) in [6.07, 6.45) is 6.68. The first-order valence-electron chi connectivity index (χ1n) is 2.84. The fourth-order valence-electron chi connectivity index (χ4n) is 0.685. The van der Waals surface area contributed by atoms with Gasteiger partial charge in [-0.2, -0.15) is 0 Å². The maximum atomic E-state index is 5.11. The standard InChI is InChI=1S/C8H7NO/c1-4-7-8(5-2)10-6(3)9-7/h2,4H,1H2,3H3. The number of hydrogen-bond acceptors (Lipinski definition) is 2. The highest BCUT2D eigenvalue weighted by Crippen LogP contribution is 2.09. The molecule has 0 radical (unpaired) electrons. The first kappa shape index (κ1) is 6.63. The van der Waals surface area contributed by atoms with Crippen molar-refractivity contribution in [3.05, 3.63) is 23.9 Å². The molecule has 0 saturated heterocycles. The van der Waals surface area contributed by atoms with Gasteiger partial charge < -0.3 is 4.42 Å². The third-order valence-electron chi connectivity index (χ3n) is 1.08. The number of aromatic nitrogens is 1. The van der Waals surface area contributed by atoms with E-state index >= 15 is 0 Å². The minimum atomic E-state index is 0.451. The van der Waals surface area contributed by atoms with Crippen LogP contribution in [0.2, 0.25) is 0 Å². The van der Waals surface area contributed by atoms with Gasteiger partial charge >= 0.3 is 0 Å². The molecule has 0 bridgehead atoms. The molecule has 0 fully saturated rings. The van der Waals surface area contributed by atoms with Gasteiger partial charge in [-0.3, -0.25) is 0 Å². The van der Waals surface area contributed by atoms with Gasteiger partial charge in [-0.25, -0.2) is 4.98 Å². The van der Waals surface area contributed by atoms with Gasteiger partial charge in [0.15, 0.2) is 5.89 Å². The maximum Gasteiger partial charge on any atom is 0.204 e. The van der Waals surface area contributed by atoms with Crippen molar-refractivity contribution < 1.29 is 4.42 Å². The van der Waals surface area contributed by atoms with Gasteiger partial charge in [0.2, 0.25) is 5.76 Å². The number of rotatable bonds is 1. The average Bonchev–Trinajstić information content (AvgIpc) is 2.30. The molecule has 0 spiro atoms. The van der Waals surface area contributed by atoms with Crippen molar-refractivity contribution in [3.8, 4) is 12.3 Å². The highest BCUT2D eigenvalue weighted by atomic mass is 16.4. The van der Waals surface area contributed by atoms with E-state index in [-0.39, 0.29) is 0 Å². The van der Waals surface area contributed by atoms with Crippen LogP contribution >= 0.6 is 0 Å². The summed E-state index contributed by atoms with van der Waals surface area (Å²) in [6.45, 7) is 5.28. The van der Waals surface area contributed by atoms with Gasteiger partial charge in [-0.15, -0.1) is 6.42 Å². The molecule has 1 aromatic rings. The predicted molar refractivity (Wildman–Crippen MR) is 39.3 cm³/mol. The summed E-state index contributed by atoms with van der Waals surface area (Å²) in [6, 6.07) is 0. The van der Waals surface area contributed by atoms with E-state index in [1.807, 2.05) is 0 Å². The van der Waals surface area contributed by atoms with Gasteiger partial charge in [-0.1, -0.05) is 6.58 Å². The molecule has 0 N–H and O–H groups in total. The SMILES string of the molecule is C#Cc1oc(C)nc1C=C. The Bertz CT molecular complexity index is 291. The van der Waals surface area contributed by atoms with E-state index in [1.54, 1.807) is 13.0 Å². The molecule has 0 aliphatic heterocycles. The van der Waals surface area contributed by atoms with Crippen molar-refractivity contribution in [3.63, 3.8) is 0 Å². The summed E-state index contributed by atoms with van der Waals surface area (Å²) in [5, 5.41) is 0. The lowest BCUT2D eigenvalue weighted by Crippen LogP contribution is -1.73. The number of nitrogens with zero attached hydrogens (tertiary/aromatic N) is 1. The van der Waals surface area contributed by atoms with Crippen molar-refractivity contribution in [2.24, 2.45) is 0 Å². The van der Waals surface area contributed by atoms with E-state index < -0.39 is 0 Å². The summed E-state index contributed by atoms with van der Waals surface area (Å²) >= 11 is 0. The molecule has 0 amide bonds. The average molecular weight is 133 g/mol. The van der Waals surface area contributed by atoms with Crippen LogP contribution in [0.15, 0.2) is 11.0 Å². The van der Waals surface area contributed by atoms with Crippen molar-refractivity contribution >= 4 is 6.08 Å². The molecule has 0 atom stereocenters. The predicted octanol–water partition coefficient (Wildman–Crippen LogP) is 1.61. The van der Waals surface area contributed by atoms with E-state index in [0.717, 1.165) is 0 Å². The summed E-state index contributed by atoms with van der Waals surface area (Å²) in [4.78, 5) is 3.97. The normalized spacial score (nSPS) is 8.80. The summed E-state index contributed by atoms with van der Waals surface area (Å²) in [5.41, 5.74) is 0.639. The lowest BCUT2D eigenvalue weighted by Gasteiger charge is -1.78. The summed E-state index contributed by atoms with van der Waals surface area (Å²) in [5.74, 6) is 3.39. The van der Waals surface area contributed by atoms with Crippen LogP contribution in [0, 0.1) is 19.3 Å². The largest absolute Gasteiger partial charge is 0.432 e. The molecule has 1 rings (SSSR count). The minimum absolute atomic E-state index is 0.451. The van der Waals surface area contributed by atoms with Gasteiger partial charge in [0.25, 0.3) is 0 Å². The van der Waals surface area contributed by atoms with E-state index in [0.29, 0.717) is 17.3 Å². The Morgan fingerprint density at radius 2 is 2.50 bits per heavy atom. The van der Waals surface area contributed by atoms with Crippen molar-refractivity contribution in [2.75, 3.05) is 0 Å². The van der Waals surface area contributed by atoms with Crippen LogP contribution in [0.3, 0.4) is 0 Å². The quantitative estimate of drug-likeness (QED) is 0.544. The smallest absolute Gasteiger partial charge is 0.204 e. The Labute approximate surface area is 59.6 Å². The Morgan fingerprint density at radius 1 is 1.80 bits per heavy atom. The van der Waals surface area contributed by atoms with Crippen LogP contribution in [0.1, 0.15) is 17.3 Å². The van der Waals surface area contributed by atoms with Crippen LogP contribution in [-0.2, 0) is 0 Å². The van der Waals surface area contributed by atoms with Crippen LogP contribution in [0.25, 0.3) is 6.08 Å². The second kappa shape index (κ2) is 2.40. The van der Waals surface area contributed by atoms with Gasteiger partial charge in [0.1, 0.15) is 5.69 Å². The molecule has 0 aliphatic carbocycles. The number of aryl methyl sites for hydroxylation is 1. The monoisotopic (exact) mass is 133 g/mol. The second-order valence-corrected chi connectivity index (χ2v) is 1.80. The maximum absolute atomic E-state index is 5.11. The zero-order chi connectivity index (χ0) is 7.56. The fraction of sp³-hybridized carbons (Fsp3) is 0.125. The number of oxazole rings is 1. The van der Waals surface area contributed by atoms with Gasteiger partial charge in [0.05, 0.1) is 0 Å². The first-order chi connectivity index (χ1) is 4.77. The lowest BCUT2D eigenvalue weighted by atomic mass is 10.3. The third kappa shape index (κ3) is 0.939. The van der Waals surface area contributed by atoms with Crippen molar-refractivity contribution in [1.82, 2.24) is 4.98 Å². The highest BCUT2D eigenvalue weighted by Gasteiger charge is 2.02. The molecule has 1 heterocycles. The molecular formula is C8H7NO. The van der Waals surface area contributed by atoms with E-state index in [1.165, 1.54) is 0 Å². The van der Waals surface area contributed by atoms with E-state index in [4.69, 9.17) is 10.8 Å². The third-order valence-corrected chi connectivity index (χ3v) is 1.08. The molecule has 2 nitrogen and oxygen atoms in total. The van der Waals surface area contributed by atoms with Gasteiger partial charge in [-0.05, 0) is 12.0 Å². The van der Waals surface area contributed by atoms with Crippen LogP contribution in [-0.4, -0.2) is 4.98 Å². The Balaban J connectivity index is 3.24. The number of terminal acetylenes is 1. The molecule has 0 aromatic carbocycles. The number of hydrogen-bond donors (Lipinski definition) is 0. The van der Waals surface area contributed by atoms with E-state index in [2.05, 4.69) is 17.5 Å². The van der Waals surface area contributed by atoms with Crippen molar-refractivity contribution in [2.45, 2.75) is 6.92 Å². The fourth-order valence-corrected chi connectivity index (χ4v) is 0.685. The molecule has 0 saturated carbocycles. The molecular weight excluding hydrogens is 126 g/mol. The van der Waals surface area contributed by atoms with Gasteiger partial charge in [0, 0.05) is 6.92 Å². The molecule has 0 aliphatic rings. The first-order valence-corrected chi connectivity index (χ1v) is 2.84. The second-order valence-electron chi connectivity index (χ2n) is 1.80. The van der Waals surface area contributed by atoms with Crippen LogP contribution in [0.5, 0.6) is 0 Å². The van der Waals surface area contributed by atoms with Crippen LogP contribution < -0.4 is 0 Å². The lowest BCUT2D eigenvalue weighted by molar-refractivity contribution is 0.511. The summed E-state index contributed by atoms with van der Waals surface area (Å²) < 4.78 is 5.04. The molecule has 50 valence electrons. The Kier molecular flexibility index (Phi) is 1.59. The van der Waals surface area contributed by atoms with Crippen molar-refractivity contribution in [1.29, 1.82) is 0 Å². The molecule has 2 heteroatoms. The van der Waals surface area contributed by atoms with E-state index in [9.17, 15) is 0 Å². The zero-order valence-electron chi connectivity index (χ0n) is 5.72. The topological polar surface area (TPSA) is 26.0 Å². The summed E-state index contributed by atoms with van der Waals surface area (Å²) in [7, 11) is 0. The molecule has 10 heavy (non-hydrogen) atoms. The zero-order valence-corrected chi connectivity index (χ0v) is 5.72. The molecule has 1 aromatic heterocycles. The Morgan fingerprint density at radius 3 is 2.90 bits per heavy atom. The highest BCUT2D eigenvalue weighted by molar-refractivity contribution is 5.49.